The molecular weight excluding hydrogens is 238 g/mol. The third kappa shape index (κ3) is 2.95. The van der Waals surface area contributed by atoms with Crippen molar-refractivity contribution in [1.29, 1.82) is 0 Å². The molecule has 2 N–H and O–H groups in total. The first-order valence-electron chi connectivity index (χ1n) is 5.69. The molecule has 0 amide bonds. The fraction of sp³-hybridized carbons (Fsp3) is 0.545. The Kier molecular flexibility index (Phi) is 3.35. The van der Waals surface area contributed by atoms with Crippen LogP contribution in [0.25, 0.3) is 0 Å². The number of aromatic nitrogens is 1. The fourth-order valence-corrected chi connectivity index (χ4v) is 3.05. The number of hydrogen-bond donors (Lipinski definition) is 2. The van der Waals surface area contributed by atoms with Gasteiger partial charge in [-0.25, -0.2) is 18.1 Å². The molecule has 1 atom stereocenters. The normalized spacial score (nSPS) is 17.8. The molecule has 0 aliphatic heterocycles. The first-order chi connectivity index (χ1) is 8.03. The predicted octanol–water partition coefficient (Wildman–Crippen LogP) is 1.20. The zero-order valence-corrected chi connectivity index (χ0v) is 10.8. The second kappa shape index (κ2) is 4.62. The minimum atomic E-state index is -3.43. The smallest absolute Gasteiger partial charge is 0.241 e. The maximum Gasteiger partial charge on any atom is 0.241 e. The fourth-order valence-electron chi connectivity index (χ4n) is 1.72. The van der Waals surface area contributed by atoms with Gasteiger partial charge in [-0.3, -0.25) is 0 Å². The lowest BCUT2D eigenvalue weighted by Crippen LogP contribution is -2.34. The zero-order valence-electron chi connectivity index (χ0n) is 9.97. The number of rotatable bonds is 5. The number of sulfonamides is 1. The minimum absolute atomic E-state index is 0.00574. The van der Waals surface area contributed by atoms with Gasteiger partial charge in [0.1, 0.15) is 5.82 Å². The highest BCUT2D eigenvalue weighted by atomic mass is 32.2. The van der Waals surface area contributed by atoms with Gasteiger partial charge in [-0.15, -0.1) is 0 Å². The summed E-state index contributed by atoms with van der Waals surface area (Å²) in [5.74, 6) is 1.04. The third-order valence-corrected chi connectivity index (χ3v) is 4.52. The van der Waals surface area contributed by atoms with E-state index in [2.05, 4.69) is 15.0 Å². The van der Waals surface area contributed by atoms with Crippen LogP contribution in [0.5, 0.6) is 0 Å². The summed E-state index contributed by atoms with van der Waals surface area (Å²) in [4.78, 5) is 4.25. The van der Waals surface area contributed by atoms with Crippen LogP contribution in [0.4, 0.5) is 5.82 Å². The maximum absolute atomic E-state index is 12.1. The van der Waals surface area contributed by atoms with E-state index in [0.717, 1.165) is 12.8 Å². The largest absolute Gasteiger partial charge is 0.373 e. The molecule has 1 saturated carbocycles. The first kappa shape index (κ1) is 12.3. The van der Waals surface area contributed by atoms with Crippen molar-refractivity contribution in [1.82, 2.24) is 9.71 Å². The molecule has 1 heterocycles. The van der Waals surface area contributed by atoms with E-state index < -0.39 is 10.0 Å². The maximum atomic E-state index is 12.1. The number of hydrogen-bond acceptors (Lipinski definition) is 4. The molecule has 1 aliphatic rings. The van der Waals surface area contributed by atoms with Gasteiger partial charge in [0.05, 0.1) is 4.90 Å². The average molecular weight is 255 g/mol. The van der Waals surface area contributed by atoms with Crippen molar-refractivity contribution in [3.05, 3.63) is 18.3 Å². The van der Waals surface area contributed by atoms with Crippen LogP contribution in [-0.2, 0) is 10.0 Å². The van der Waals surface area contributed by atoms with Crippen LogP contribution in [-0.4, -0.2) is 26.5 Å². The lowest BCUT2D eigenvalue weighted by atomic mass is 10.2. The van der Waals surface area contributed by atoms with Gasteiger partial charge in [0.25, 0.3) is 0 Å². The standard InChI is InChI=1S/C11H17N3O2S/c1-8(9-3-4-9)14-17(15,16)10-5-6-13-11(7-10)12-2/h5-9,14H,3-4H2,1-2H3,(H,12,13). The summed E-state index contributed by atoms with van der Waals surface area (Å²) in [6.45, 7) is 1.91. The Bertz CT molecular complexity index is 497. The van der Waals surface area contributed by atoms with Crippen molar-refractivity contribution in [2.75, 3.05) is 12.4 Å². The highest BCUT2D eigenvalue weighted by molar-refractivity contribution is 7.89. The van der Waals surface area contributed by atoms with Gasteiger partial charge in [-0.1, -0.05) is 0 Å². The predicted molar refractivity (Wildman–Crippen MR) is 66.3 cm³/mol. The van der Waals surface area contributed by atoms with Crippen molar-refractivity contribution in [2.24, 2.45) is 5.92 Å². The zero-order chi connectivity index (χ0) is 12.5. The van der Waals surface area contributed by atoms with Crippen molar-refractivity contribution < 1.29 is 8.42 Å². The topological polar surface area (TPSA) is 71.1 Å². The third-order valence-electron chi connectivity index (χ3n) is 2.97. The second-order valence-electron chi connectivity index (χ2n) is 4.37. The van der Waals surface area contributed by atoms with Crippen LogP contribution in [0.1, 0.15) is 19.8 Å². The molecule has 0 bridgehead atoms. The van der Waals surface area contributed by atoms with Crippen LogP contribution in [0.15, 0.2) is 23.2 Å². The molecule has 1 aromatic rings. The van der Waals surface area contributed by atoms with Gasteiger partial charge in [-0.2, -0.15) is 0 Å². The van der Waals surface area contributed by atoms with E-state index >= 15 is 0 Å². The summed E-state index contributed by atoms with van der Waals surface area (Å²) in [6, 6.07) is 3.04. The highest BCUT2D eigenvalue weighted by Gasteiger charge is 2.31. The van der Waals surface area contributed by atoms with E-state index in [1.54, 1.807) is 7.05 Å². The Balaban J connectivity index is 2.18. The Morgan fingerprint density at radius 3 is 2.76 bits per heavy atom. The molecule has 94 valence electrons. The Morgan fingerprint density at radius 2 is 2.18 bits per heavy atom. The molecule has 1 aromatic heterocycles. The quantitative estimate of drug-likeness (QED) is 0.829. The van der Waals surface area contributed by atoms with E-state index in [4.69, 9.17) is 0 Å². The number of nitrogens with zero attached hydrogens (tertiary/aromatic N) is 1. The Hall–Kier alpha value is -1.14. The van der Waals surface area contributed by atoms with Gasteiger partial charge >= 0.3 is 0 Å². The van der Waals surface area contributed by atoms with Gasteiger partial charge in [-0.05, 0) is 31.7 Å². The molecule has 1 aliphatic carbocycles. The van der Waals surface area contributed by atoms with Gasteiger partial charge in [0.15, 0.2) is 0 Å². The van der Waals surface area contributed by atoms with Gasteiger partial charge in [0.2, 0.25) is 10.0 Å². The van der Waals surface area contributed by atoms with Crippen molar-refractivity contribution in [2.45, 2.75) is 30.7 Å². The molecule has 0 aromatic carbocycles. The SMILES string of the molecule is CNc1cc(S(=O)(=O)NC(C)C2CC2)ccn1. The summed E-state index contributed by atoms with van der Waals surface area (Å²) < 4.78 is 26.9. The van der Waals surface area contributed by atoms with E-state index in [-0.39, 0.29) is 10.9 Å². The molecule has 6 heteroatoms. The monoisotopic (exact) mass is 255 g/mol. The number of pyridine rings is 1. The molecule has 1 fully saturated rings. The number of nitrogens with one attached hydrogen (secondary N) is 2. The Morgan fingerprint density at radius 1 is 1.47 bits per heavy atom. The van der Waals surface area contributed by atoms with Gasteiger partial charge < -0.3 is 5.32 Å². The van der Waals surface area contributed by atoms with Crippen LogP contribution >= 0.6 is 0 Å². The number of anilines is 1. The minimum Gasteiger partial charge on any atom is -0.373 e. The molecule has 17 heavy (non-hydrogen) atoms. The summed E-state index contributed by atoms with van der Waals surface area (Å²) in [7, 11) is -1.72. The van der Waals surface area contributed by atoms with E-state index in [0.29, 0.717) is 11.7 Å². The van der Waals surface area contributed by atoms with Gasteiger partial charge in [0, 0.05) is 25.4 Å². The molecule has 1 unspecified atom stereocenters. The summed E-state index contributed by atoms with van der Waals surface area (Å²) in [6.07, 6.45) is 3.71. The summed E-state index contributed by atoms with van der Waals surface area (Å²) in [5.41, 5.74) is 0. The van der Waals surface area contributed by atoms with Crippen LogP contribution < -0.4 is 10.0 Å². The van der Waals surface area contributed by atoms with E-state index in [9.17, 15) is 8.42 Å². The average Bonchev–Trinajstić information content (AvgIpc) is 3.12. The van der Waals surface area contributed by atoms with Crippen LogP contribution in [0.2, 0.25) is 0 Å². The molecular formula is C11H17N3O2S. The first-order valence-corrected chi connectivity index (χ1v) is 7.17. The summed E-state index contributed by atoms with van der Waals surface area (Å²) >= 11 is 0. The molecule has 0 saturated heterocycles. The van der Waals surface area contributed by atoms with Crippen molar-refractivity contribution in [3.63, 3.8) is 0 Å². The van der Waals surface area contributed by atoms with Crippen LogP contribution in [0, 0.1) is 5.92 Å². The Labute approximate surface area is 102 Å². The van der Waals surface area contributed by atoms with Crippen molar-refractivity contribution in [3.8, 4) is 0 Å². The molecule has 0 radical (unpaired) electrons. The highest BCUT2D eigenvalue weighted by Crippen LogP contribution is 2.33. The van der Waals surface area contributed by atoms with E-state index in [1.807, 2.05) is 6.92 Å². The lowest BCUT2D eigenvalue weighted by Gasteiger charge is -2.13. The second-order valence-corrected chi connectivity index (χ2v) is 6.09. The van der Waals surface area contributed by atoms with Crippen molar-refractivity contribution >= 4 is 15.8 Å². The molecule has 2 rings (SSSR count). The summed E-state index contributed by atoms with van der Waals surface area (Å²) in [5, 5.41) is 2.82. The molecule has 5 nitrogen and oxygen atoms in total. The molecule has 0 spiro atoms. The van der Waals surface area contributed by atoms with Crippen LogP contribution in [0.3, 0.4) is 0 Å². The lowest BCUT2D eigenvalue weighted by molar-refractivity contribution is 0.538. The van der Waals surface area contributed by atoms with E-state index in [1.165, 1.54) is 18.3 Å².